The number of hydrogen-bond acceptors (Lipinski definition) is 2. The summed E-state index contributed by atoms with van der Waals surface area (Å²) in [6, 6.07) is 1.69. The Labute approximate surface area is 76.5 Å². The van der Waals surface area contributed by atoms with Gasteiger partial charge in [-0.05, 0) is 12.8 Å². The highest BCUT2D eigenvalue weighted by molar-refractivity contribution is 5.08. The zero-order valence-corrected chi connectivity index (χ0v) is 7.75. The zero-order chi connectivity index (χ0) is 9.26. The second-order valence-corrected chi connectivity index (χ2v) is 3.49. The van der Waals surface area contributed by atoms with Crippen LogP contribution < -0.4 is 5.56 Å². The van der Waals surface area contributed by atoms with E-state index < -0.39 is 0 Å². The minimum atomic E-state index is -0.0102. The second-order valence-electron chi connectivity index (χ2n) is 3.49. The fraction of sp³-hybridized carbons (Fsp3) is 0.667. The van der Waals surface area contributed by atoms with Crippen molar-refractivity contribution in [3.63, 3.8) is 0 Å². The lowest BCUT2D eigenvalue weighted by molar-refractivity contribution is 0.0837. The number of H-pyrrole nitrogens is 1. The first-order valence-corrected chi connectivity index (χ1v) is 4.61. The molecule has 0 amide bonds. The average Bonchev–Trinajstić information content (AvgIpc) is 2.47. The maximum absolute atomic E-state index is 11.0. The van der Waals surface area contributed by atoms with E-state index in [4.69, 9.17) is 4.74 Å². The predicted octanol–water partition coefficient (Wildman–Crippen LogP) is 0.607. The highest BCUT2D eigenvalue weighted by Crippen LogP contribution is 2.24. The number of nitrogens with one attached hydrogen (secondary N) is 1. The summed E-state index contributed by atoms with van der Waals surface area (Å²) in [5, 5.41) is 2.73. The number of nitrogens with zero attached hydrogens (tertiary/aromatic N) is 1. The first-order chi connectivity index (χ1) is 6.27. The third kappa shape index (κ3) is 1.67. The highest BCUT2D eigenvalue weighted by Gasteiger charge is 2.18. The third-order valence-corrected chi connectivity index (χ3v) is 2.58. The van der Waals surface area contributed by atoms with Crippen molar-refractivity contribution in [2.45, 2.75) is 18.8 Å². The summed E-state index contributed by atoms with van der Waals surface area (Å²) in [4.78, 5) is 11.0. The van der Waals surface area contributed by atoms with Crippen LogP contribution >= 0.6 is 0 Å². The molecule has 1 N–H and O–H groups in total. The lowest BCUT2D eigenvalue weighted by Crippen LogP contribution is -2.16. The summed E-state index contributed by atoms with van der Waals surface area (Å²) in [5.41, 5.74) is 1.09. The third-order valence-electron chi connectivity index (χ3n) is 2.58. The Morgan fingerprint density at radius 3 is 2.77 bits per heavy atom. The molecule has 13 heavy (non-hydrogen) atoms. The van der Waals surface area contributed by atoms with Gasteiger partial charge in [-0.2, -0.15) is 0 Å². The van der Waals surface area contributed by atoms with Gasteiger partial charge < -0.3 is 4.74 Å². The Hall–Kier alpha value is -1.03. The molecule has 0 unspecified atom stereocenters. The molecule has 1 aliphatic heterocycles. The van der Waals surface area contributed by atoms with Crippen LogP contribution in [-0.4, -0.2) is 23.0 Å². The van der Waals surface area contributed by atoms with E-state index in [2.05, 4.69) is 5.10 Å². The van der Waals surface area contributed by atoms with E-state index >= 15 is 0 Å². The van der Waals surface area contributed by atoms with Crippen molar-refractivity contribution in [2.24, 2.45) is 7.05 Å². The Balaban J connectivity index is 2.23. The molecular formula is C9H14N2O2. The van der Waals surface area contributed by atoms with Crippen LogP contribution in [0.3, 0.4) is 0 Å². The van der Waals surface area contributed by atoms with E-state index in [1.807, 2.05) is 11.7 Å². The van der Waals surface area contributed by atoms with Crippen LogP contribution in [0.1, 0.15) is 24.5 Å². The Morgan fingerprint density at radius 1 is 1.54 bits per heavy atom. The van der Waals surface area contributed by atoms with Gasteiger partial charge in [0.05, 0.1) is 0 Å². The van der Waals surface area contributed by atoms with E-state index in [1.54, 1.807) is 6.07 Å². The summed E-state index contributed by atoms with van der Waals surface area (Å²) in [5.74, 6) is 0.484. The normalized spacial score (nSPS) is 19.2. The monoisotopic (exact) mass is 182 g/mol. The molecule has 0 radical (unpaired) electrons. The first-order valence-electron chi connectivity index (χ1n) is 4.61. The van der Waals surface area contributed by atoms with E-state index in [0.29, 0.717) is 5.92 Å². The Bertz CT molecular complexity index is 334. The molecule has 4 nitrogen and oxygen atoms in total. The zero-order valence-electron chi connectivity index (χ0n) is 7.75. The van der Waals surface area contributed by atoms with Gasteiger partial charge in [0.15, 0.2) is 0 Å². The molecule has 1 aromatic rings. The molecule has 0 bridgehead atoms. The van der Waals surface area contributed by atoms with Gasteiger partial charge in [0.1, 0.15) is 0 Å². The first kappa shape index (κ1) is 8.56. The average molecular weight is 182 g/mol. The van der Waals surface area contributed by atoms with Crippen LogP contribution in [0.2, 0.25) is 0 Å². The van der Waals surface area contributed by atoms with Gasteiger partial charge in [-0.1, -0.05) is 0 Å². The predicted molar refractivity (Wildman–Crippen MR) is 48.8 cm³/mol. The molecule has 0 aliphatic carbocycles. The van der Waals surface area contributed by atoms with Crippen LogP contribution in [0.5, 0.6) is 0 Å². The number of aryl methyl sites for hydroxylation is 1. The lowest BCUT2D eigenvalue weighted by Gasteiger charge is -2.21. The van der Waals surface area contributed by atoms with E-state index in [9.17, 15) is 4.79 Å². The summed E-state index contributed by atoms with van der Waals surface area (Å²) in [6.07, 6.45) is 2.04. The number of ether oxygens (including phenoxy) is 1. The molecule has 72 valence electrons. The van der Waals surface area contributed by atoms with E-state index in [1.165, 1.54) is 0 Å². The molecule has 0 saturated carbocycles. The van der Waals surface area contributed by atoms with Gasteiger partial charge in [0.25, 0.3) is 5.56 Å². The summed E-state index contributed by atoms with van der Waals surface area (Å²) in [6.45, 7) is 1.62. The van der Waals surface area contributed by atoms with Crippen molar-refractivity contribution in [3.05, 3.63) is 22.1 Å². The summed E-state index contributed by atoms with van der Waals surface area (Å²) < 4.78 is 7.09. The van der Waals surface area contributed by atoms with E-state index in [0.717, 1.165) is 31.7 Å². The quantitative estimate of drug-likeness (QED) is 0.691. The van der Waals surface area contributed by atoms with Crippen LogP contribution in [-0.2, 0) is 11.8 Å². The van der Waals surface area contributed by atoms with Gasteiger partial charge in [-0.15, -0.1) is 0 Å². The number of aromatic amines is 1. The molecule has 1 fully saturated rings. The molecule has 2 rings (SSSR count). The molecule has 0 atom stereocenters. The maximum atomic E-state index is 11.0. The molecule has 1 aromatic heterocycles. The highest BCUT2D eigenvalue weighted by atomic mass is 16.5. The van der Waals surface area contributed by atoms with Crippen molar-refractivity contribution in [1.82, 2.24) is 9.78 Å². The Morgan fingerprint density at radius 2 is 2.23 bits per heavy atom. The van der Waals surface area contributed by atoms with Crippen LogP contribution in [0.15, 0.2) is 10.9 Å². The Kier molecular flexibility index (Phi) is 2.22. The fourth-order valence-corrected chi connectivity index (χ4v) is 1.88. The van der Waals surface area contributed by atoms with Gasteiger partial charge >= 0.3 is 0 Å². The number of rotatable bonds is 1. The molecule has 0 aromatic carbocycles. The van der Waals surface area contributed by atoms with E-state index in [-0.39, 0.29) is 5.56 Å². The van der Waals surface area contributed by atoms with Gasteiger partial charge in [-0.3, -0.25) is 14.6 Å². The largest absolute Gasteiger partial charge is 0.381 e. The molecule has 0 spiro atoms. The molecule has 1 aliphatic rings. The minimum Gasteiger partial charge on any atom is -0.381 e. The molecule has 2 heterocycles. The van der Waals surface area contributed by atoms with Crippen LogP contribution in [0, 0.1) is 0 Å². The SMILES string of the molecule is Cn1[nH]c(=O)cc1C1CCOCC1. The summed E-state index contributed by atoms with van der Waals surface area (Å²) >= 11 is 0. The molecule has 1 saturated heterocycles. The second kappa shape index (κ2) is 3.38. The number of aromatic nitrogens is 2. The van der Waals surface area contributed by atoms with Gasteiger partial charge in [0.2, 0.25) is 0 Å². The van der Waals surface area contributed by atoms with Gasteiger partial charge in [-0.25, -0.2) is 0 Å². The maximum Gasteiger partial charge on any atom is 0.264 e. The van der Waals surface area contributed by atoms with Crippen LogP contribution in [0.25, 0.3) is 0 Å². The van der Waals surface area contributed by atoms with Crippen molar-refractivity contribution < 1.29 is 4.74 Å². The van der Waals surface area contributed by atoms with Crippen molar-refractivity contribution in [3.8, 4) is 0 Å². The lowest BCUT2D eigenvalue weighted by atomic mass is 9.97. The smallest absolute Gasteiger partial charge is 0.264 e. The standard InChI is InChI=1S/C9H14N2O2/c1-11-8(6-9(12)10-11)7-2-4-13-5-3-7/h6-7H,2-5H2,1H3,(H,10,12). The van der Waals surface area contributed by atoms with Crippen molar-refractivity contribution in [1.29, 1.82) is 0 Å². The number of hydrogen-bond donors (Lipinski definition) is 1. The summed E-state index contributed by atoms with van der Waals surface area (Å²) in [7, 11) is 1.88. The molecular weight excluding hydrogens is 168 g/mol. The van der Waals surface area contributed by atoms with Crippen molar-refractivity contribution in [2.75, 3.05) is 13.2 Å². The van der Waals surface area contributed by atoms with Crippen molar-refractivity contribution >= 4 is 0 Å². The minimum absolute atomic E-state index is 0.0102. The van der Waals surface area contributed by atoms with Crippen LogP contribution in [0.4, 0.5) is 0 Å². The topological polar surface area (TPSA) is 47.0 Å². The fourth-order valence-electron chi connectivity index (χ4n) is 1.88. The molecule has 4 heteroatoms. The van der Waals surface area contributed by atoms with Gasteiger partial charge in [0, 0.05) is 37.9 Å².